The Morgan fingerprint density at radius 2 is 2.00 bits per heavy atom. The van der Waals surface area contributed by atoms with Gasteiger partial charge < -0.3 is 14.5 Å². The number of carbonyl (C=O) groups is 1. The van der Waals surface area contributed by atoms with Crippen LogP contribution in [-0.4, -0.2) is 28.0 Å². The molecular formula is C8H17O5P. The fourth-order valence-corrected chi connectivity index (χ4v) is 1.89. The highest BCUT2D eigenvalue weighted by atomic mass is 31.2. The summed E-state index contributed by atoms with van der Waals surface area (Å²) in [6, 6.07) is 0. The number of unbranched alkanes of at least 4 members (excludes halogenated alkanes) is 1. The maximum Gasteiger partial charge on any atom is 0.342 e. The molecule has 0 aromatic heterocycles. The summed E-state index contributed by atoms with van der Waals surface area (Å²) < 4.78 is 15.6. The first-order valence-electron chi connectivity index (χ1n) is 4.43. The minimum atomic E-state index is -4.46. The van der Waals surface area contributed by atoms with Crippen molar-refractivity contribution in [2.75, 3.05) is 7.11 Å². The van der Waals surface area contributed by atoms with Crippen LogP contribution in [0.2, 0.25) is 0 Å². The van der Waals surface area contributed by atoms with Crippen LogP contribution in [0.3, 0.4) is 0 Å². The van der Waals surface area contributed by atoms with E-state index in [0.717, 1.165) is 13.5 Å². The fraction of sp³-hybridized carbons (Fsp3) is 0.875. The van der Waals surface area contributed by atoms with Crippen molar-refractivity contribution < 1.29 is 23.9 Å². The predicted octanol–water partition coefficient (Wildman–Crippen LogP) is 1.29. The van der Waals surface area contributed by atoms with E-state index in [1.165, 1.54) is 6.92 Å². The number of hydrogen-bond donors (Lipinski definition) is 2. The first kappa shape index (κ1) is 13.6. The van der Waals surface area contributed by atoms with Gasteiger partial charge in [0.1, 0.15) is 0 Å². The molecule has 0 bridgehead atoms. The van der Waals surface area contributed by atoms with E-state index in [2.05, 4.69) is 4.74 Å². The van der Waals surface area contributed by atoms with E-state index < -0.39 is 18.7 Å². The summed E-state index contributed by atoms with van der Waals surface area (Å²) in [4.78, 5) is 29.4. The van der Waals surface area contributed by atoms with Crippen molar-refractivity contribution in [1.29, 1.82) is 0 Å². The van der Waals surface area contributed by atoms with E-state index in [-0.39, 0.29) is 6.42 Å². The molecule has 14 heavy (non-hydrogen) atoms. The lowest BCUT2D eigenvalue weighted by atomic mass is 10.0. The van der Waals surface area contributed by atoms with Crippen molar-refractivity contribution >= 4 is 13.6 Å². The molecule has 0 aromatic carbocycles. The number of esters is 1. The van der Waals surface area contributed by atoms with Gasteiger partial charge in [-0.05, 0) is 13.3 Å². The third-order valence-corrected chi connectivity index (χ3v) is 3.98. The Bertz CT molecular complexity index is 246. The van der Waals surface area contributed by atoms with E-state index in [4.69, 9.17) is 9.79 Å². The molecule has 84 valence electrons. The van der Waals surface area contributed by atoms with Gasteiger partial charge in [-0.15, -0.1) is 0 Å². The average Bonchev–Trinajstić information content (AvgIpc) is 2.10. The molecule has 2 N–H and O–H groups in total. The lowest BCUT2D eigenvalue weighted by Gasteiger charge is -2.27. The standard InChI is InChI=1S/C8H17O5P/c1-4-5-6-8(2,7(9)13-3)14(10,11)12/h4-6H2,1-3H3,(H2,10,11,12). The van der Waals surface area contributed by atoms with Crippen LogP contribution in [0.25, 0.3) is 0 Å². The number of rotatable bonds is 5. The molecule has 0 amide bonds. The molecule has 5 nitrogen and oxygen atoms in total. The largest absolute Gasteiger partial charge is 0.468 e. The van der Waals surface area contributed by atoms with Gasteiger partial charge in [-0.2, -0.15) is 0 Å². The van der Waals surface area contributed by atoms with Crippen LogP contribution in [0.5, 0.6) is 0 Å². The zero-order valence-electron chi connectivity index (χ0n) is 8.69. The molecule has 0 saturated heterocycles. The molecule has 0 heterocycles. The number of carbonyl (C=O) groups excluding carboxylic acids is 1. The Kier molecular flexibility index (Phi) is 4.78. The molecular weight excluding hydrogens is 207 g/mol. The Morgan fingerprint density at radius 1 is 1.50 bits per heavy atom. The predicted molar refractivity (Wildman–Crippen MR) is 52.0 cm³/mol. The molecule has 1 unspecified atom stereocenters. The van der Waals surface area contributed by atoms with Crippen molar-refractivity contribution in [3.8, 4) is 0 Å². The van der Waals surface area contributed by atoms with E-state index in [0.29, 0.717) is 6.42 Å². The van der Waals surface area contributed by atoms with Crippen molar-refractivity contribution in [2.24, 2.45) is 0 Å². The van der Waals surface area contributed by atoms with E-state index >= 15 is 0 Å². The molecule has 1 atom stereocenters. The summed E-state index contributed by atoms with van der Waals surface area (Å²) in [6.07, 6.45) is 1.49. The van der Waals surface area contributed by atoms with Crippen LogP contribution in [0.4, 0.5) is 0 Å². The molecule has 0 fully saturated rings. The summed E-state index contributed by atoms with van der Waals surface area (Å²) in [5, 5.41) is -1.70. The highest BCUT2D eigenvalue weighted by molar-refractivity contribution is 7.54. The molecule has 0 aliphatic carbocycles. The zero-order valence-corrected chi connectivity index (χ0v) is 9.58. The topological polar surface area (TPSA) is 83.8 Å². The summed E-state index contributed by atoms with van der Waals surface area (Å²) >= 11 is 0. The highest BCUT2D eigenvalue weighted by Crippen LogP contribution is 2.53. The second kappa shape index (κ2) is 4.91. The van der Waals surface area contributed by atoms with Gasteiger partial charge in [0.2, 0.25) is 0 Å². The molecule has 0 saturated carbocycles. The Labute approximate surface area is 83.6 Å². The summed E-state index contributed by atoms with van der Waals surface area (Å²) in [6.45, 7) is 3.13. The monoisotopic (exact) mass is 224 g/mol. The summed E-state index contributed by atoms with van der Waals surface area (Å²) in [5.74, 6) is -0.848. The van der Waals surface area contributed by atoms with Gasteiger partial charge in [0.15, 0.2) is 5.16 Å². The van der Waals surface area contributed by atoms with Crippen molar-refractivity contribution in [3.05, 3.63) is 0 Å². The zero-order chi connectivity index (χ0) is 11.4. The lowest BCUT2D eigenvalue weighted by Crippen LogP contribution is -2.36. The summed E-state index contributed by atoms with van der Waals surface area (Å²) in [5.41, 5.74) is 0. The SMILES string of the molecule is CCCCC(C)(C(=O)OC)P(=O)(O)O. The minimum Gasteiger partial charge on any atom is -0.468 e. The third kappa shape index (κ3) is 2.80. The Balaban J connectivity index is 4.86. The van der Waals surface area contributed by atoms with Gasteiger partial charge in [0.05, 0.1) is 7.11 Å². The molecule has 0 spiro atoms. The molecule has 0 aromatic rings. The van der Waals surface area contributed by atoms with Crippen molar-refractivity contribution in [1.82, 2.24) is 0 Å². The second-order valence-corrected chi connectivity index (χ2v) is 5.49. The normalized spacial score (nSPS) is 16.1. The first-order valence-corrected chi connectivity index (χ1v) is 6.05. The van der Waals surface area contributed by atoms with Gasteiger partial charge >= 0.3 is 13.6 Å². The quantitative estimate of drug-likeness (QED) is 0.543. The molecule has 0 radical (unpaired) electrons. The average molecular weight is 224 g/mol. The van der Waals surface area contributed by atoms with E-state index in [1.54, 1.807) is 0 Å². The van der Waals surface area contributed by atoms with Crippen LogP contribution in [0.1, 0.15) is 33.1 Å². The van der Waals surface area contributed by atoms with Crippen molar-refractivity contribution in [2.45, 2.75) is 38.3 Å². The lowest BCUT2D eigenvalue weighted by molar-refractivity contribution is -0.144. The Morgan fingerprint density at radius 3 is 2.29 bits per heavy atom. The maximum atomic E-state index is 11.3. The van der Waals surface area contributed by atoms with Gasteiger partial charge in [-0.1, -0.05) is 19.8 Å². The summed E-state index contributed by atoms with van der Waals surface area (Å²) in [7, 11) is -3.34. The molecule has 0 aliphatic heterocycles. The van der Waals surface area contributed by atoms with Crippen molar-refractivity contribution in [3.63, 3.8) is 0 Å². The number of methoxy groups -OCH3 is 1. The van der Waals surface area contributed by atoms with Crippen LogP contribution >= 0.6 is 7.60 Å². The highest BCUT2D eigenvalue weighted by Gasteiger charge is 2.49. The second-order valence-electron chi connectivity index (χ2n) is 3.41. The number of ether oxygens (including phenoxy) is 1. The smallest absolute Gasteiger partial charge is 0.342 e. The number of hydrogen-bond acceptors (Lipinski definition) is 3. The van der Waals surface area contributed by atoms with Crippen LogP contribution < -0.4 is 0 Å². The van der Waals surface area contributed by atoms with E-state index in [1.807, 2.05) is 6.92 Å². The van der Waals surface area contributed by atoms with Gasteiger partial charge in [0.25, 0.3) is 0 Å². The minimum absolute atomic E-state index is 0.139. The van der Waals surface area contributed by atoms with Crippen LogP contribution in [0.15, 0.2) is 0 Å². The maximum absolute atomic E-state index is 11.3. The fourth-order valence-electron chi connectivity index (χ4n) is 1.11. The third-order valence-electron chi connectivity index (χ3n) is 2.29. The molecule has 0 aliphatic rings. The van der Waals surface area contributed by atoms with Crippen LogP contribution in [-0.2, 0) is 14.1 Å². The molecule has 0 rings (SSSR count). The Hall–Kier alpha value is -0.380. The van der Waals surface area contributed by atoms with Gasteiger partial charge in [-0.3, -0.25) is 9.36 Å². The van der Waals surface area contributed by atoms with E-state index in [9.17, 15) is 9.36 Å². The van der Waals surface area contributed by atoms with Crippen LogP contribution in [0, 0.1) is 0 Å². The molecule has 6 heteroatoms. The van der Waals surface area contributed by atoms with Gasteiger partial charge in [0, 0.05) is 0 Å². The van der Waals surface area contributed by atoms with Gasteiger partial charge in [-0.25, -0.2) is 0 Å². The first-order chi connectivity index (χ1) is 6.29.